The largest absolute Gasteiger partial charge is 0.496 e. The standard InChI is InChI=1S/C25H31N3O3/c1-25(2,3)11-8-10-20(29)23-18-15-31-22-14-21(30-5)16(19-9-6-7-12-26-19)13-17(22)24(18)28(4)27-23/h9,12-14H,6-8,10-11,15H2,1-5H3. The first-order chi connectivity index (χ1) is 14.8. The number of nitrogens with zero attached hydrogens (tertiary/aromatic N) is 3. The number of benzene rings is 1. The minimum absolute atomic E-state index is 0.0847. The highest BCUT2D eigenvalue weighted by atomic mass is 16.5. The number of carbonyl (C=O) groups is 1. The molecule has 0 saturated carbocycles. The second kappa shape index (κ2) is 8.33. The molecule has 0 bridgehead atoms. The molecule has 2 aliphatic heterocycles. The molecule has 0 aliphatic carbocycles. The van der Waals surface area contributed by atoms with Crippen molar-refractivity contribution >= 4 is 17.7 Å². The zero-order chi connectivity index (χ0) is 22.2. The van der Waals surface area contributed by atoms with Crippen molar-refractivity contribution in [3.05, 3.63) is 35.0 Å². The zero-order valence-corrected chi connectivity index (χ0v) is 19.1. The molecule has 2 aliphatic rings. The number of allylic oxidation sites excluding steroid dienone is 1. The molecule has 3 heterocycles. The number of aliphatic imine (C=N–C) groups is 1. The highest BCUT2D eigenvalue weighted by Gasteiger charge is 2.30. The summed E-state index contributed by atoms with van der Waals surface area (Å²) in [7, 11) is 3.55. The van der Waals surface area contributed by atoms with E-state index in [2.05, 4.69) is 43.0 Å². The van der Waals surface area contributed by atoms with Crippen molar-refractivity contribution < 1.29 is 14.3 Å². The second-order valence-corrected chi connectivity index (χ2v) is 9.45. The van der Waals surface area contributed by atoms with Gasteiger partial charge in [-0.2, -0.15) is 5.10 Å². The Morgan fingerprint density at radius 1 is 1.23 bits per heavy atom. The summed E-state index contributed by atoms with van der Waals surface area (Å²) in [4.78, 5) is 17.5. The third-order valence-electron chi connectivity index (χ3n) is 5.81. The third-order valence-corrected chi connectivity index (χ3v) is 5.81. The van der Waals surface area contributed by atoms with Crippen molar-refractivity contribution in [1.82, 2.24) is 9.78 Å². The normalized spacial score (nSPS) is 15.1. The van der Waals surface area contributed by atoms with Crippen LogP contribution in [0.25, 0.3) is 17.0 Å². The molecule has 0 saturated heterocycles. The van der Waals surface area contributed by atoms with Gasteiger partial charge in [0.15, 0.2) is 5.78 Å². The average molecular weight is 422 g/mol. The highest BCUT2D eigenvalue weighted by molar-refractivity contribution is 5.98. The molecule has 0 fully saturated rings. The summed E-state index contributed by atoms with van der Waals surface area (Å²) in [6.45, 7) is 6.92. The second-order valence-electron chi connectivity index (χ2n) is 9.45. The van der Waals surface area contributed by atoms with Crippen LogP contribution in [0, 0.1) is 5.41 Å². The summed E-state index contributed by atoms with van der Waals surface area (Å²) in [6, 6.07) is 3.96. The lowest BCUT2D eigenvalue weighted by Crippen LogP contribution is -2.11. The van der Waals surface area contributed by atoms with Gasteiger partial charge >= 0.3 is 0 Å². The Hall–Kier alpha value is -2.89. The Kier molecular flexibility index (Phi) is 5.73. The van der Waals surface area contributed by atoms with E-state index >= 15 is 0 Å². The lowest BCUT2D eigenvalue weighted by molar-refractivity contribution is 0.0968. The zero-order valence-electron chi connectivity index (χ0n) is 19.1. The van der Waals surface area contributed by atoms with Crippen LogP contribution in [-0.2, 0) is 13.7 Å². The summed E-state index contributed by atoms with van der Waals surface area (Å²) < 4.78 is 13.5. The van der Waals surface area contributed by atoms with E-state index in [1.165, 1.54) is 0 Å². The van der Waals surface area contributed by atoms with Gasteiger partial charge in [-0.05, 0) is 37.2 Å². The molecule has 0 radical (unpaired) electrons. The number of hydrogen-bond acceptors (Lipinski definition) is 5. The Morgan fingerprint density at radius 2 is 2.03 bits per heavy atom. The molecule has 4 rings (SSSR count). The van der Waals surface area contributed by atoms with Gasteiger partial charge in [0, 0.05) is 42.4 Å². The lowest BCUT2D eigenvalue weighted by atomic mass is 9.89. The minimum Gasteiger partial charge on any atom is -0.496 e. The first-order valence-electron chi connectivity index (χ1n) is 11.0. The van der Waals surface area contributed by atoms with Gasteiger partial charge in [0.25, 0.3) is 0 Å². The van der Waals surface area contributed by atoms with Crippen molar-refractivity contribution in [2.75, 3.05) is 7.11 Å². The molecule has 31 heavy (non-hydrogen) atoms. The smallest absolute Gasteiger partial charge is 0.183 e. The van der Waals surface area contributed by atoms with E-state index in [4.69, 9.17) is 9.47 Å². The summed E-state index contributed by atoms with van der Waals surface area (Å²) in [5.41, 5.74) is 5.30. The van der Waals surface area contributed by atoms with E-state index in [1.807, 2.05) is 24.0 Å². The van der Waals surface area contributed by atoms with Crippen LogP contribution in [0.4, 0.5) is 0 Å². The Bertz CT molecular complexity index is 1070. The number of hydrogen-bond donors (Lipinski definition) is 0. The van der Waals surface area contributed by atoms with Gasteiger partial charge in [-0.3, -0.25) is 14.5 Å². The van der Waals surface area contributed by atoms with Crippen LogP contribution < -0.4 is 9.47 Å². The van der Waals surface area contributed by atoms with Crippen LogP contribution in [0.1, 0.15) is 74.5 Å². The molecule has 164 valence electrons. The van der Waals surface area contributed by atoms with Crippen LogP contribution in [0.5, 0.6) is 11.5 Å². The number of fused-ring (bicyclic) bond motifs is 3. The number of Topliss-reactive ketones (excluding diaryl/α,β-unsaturated/α-hetero) is 1. The number of aromatic nitrogens is 2. The summed E-state index contributed by atoms with van der Waals surface area (Å²) in [5.74, 6) is 1.55. The molecular weight excluding hydrogens is 390 g/mol. The topological polar surface area (TPSA) is 65.7 Å². The van der Waals surface area contributed by atoms with Gasteiger partial charge in [0.05, 0.1) is 18.5 Å². The van der Waals surface area contributed by atoms with E-state index < -0.39 is 0 Å². The molecular formula is C25H31N3O3. The fourth-order valence-corrected chi connectivity index (χ4v) is 4.24. The Balaban J connectivity index is 1.70. The van der Waals surface area contributed by atoms with Crippen LogP contribution in [-0.4, -0.2) is 28.9 Å². The lowest BCUT2D eigenvalue weighted by Gasteiger charge is -2.22. The maximum Gasteiger partial charge on any atom is 0.183 e. The van der Waals surface area contributed by atoms with E-state index in [-0.39, 0.29) is 11.2 Å². The third kappa shape index (κ3) is 4.29. The van der Waals surface area contributed by atoms with Crippen LogP contribution >= 0.6 is 0 Å². The number of carbonyl (C=O) groups excluding carboxylic acids is 1. The molecule has 6 heteroatoms. The number of ether oxygens (including phenoxy) is 2. The summed E-state index contributed by atoms with van der Waals surface area (Å²) in [6.07, 6.45) is 8.34. The number of aryl methyl sites for hydroxylation is 1. The molecule has 1 aromatic heterocycles. The van der Waals surface area contributed by atoms with Crippen LogP contribution in [0.15, 0.2) is 23.2 Å². The van der Waals surface area contributed by atoms with Crippen LogP contribution in [0.3, 0.4) is 0 Å². The van der Waals surface area contributed by atoms with Crippen molar-refractivity contribution in [2.24, 2.45) is 17.5 Å². The molecule has 0 amide bonds. The Morgan fingerprint density at radius 3 is 2.71 bits per heavy atom. The van der Waals surface area contributed by atoms with Crippen molar-refractivity contribution in [1.29, 1.82) is 0 Å². The maximum atomic E-state index is 13.0. The van der Waals surface area contributed by atoms with Crippen molar-refractivity contribution in [3.63, 3.8) is 0 Å². The number of ketones is 1. The molecule has 0 unspecified atom stereocenters. The molecule has 0 N–H and O–H groups in total. The van der Waals surface area contributed by atoms with Gasteiger partial charge < -0.3 is 9.47 Å². The first kappa shape index (κ1) is 21.3. The predicted octanol–water partition coefficient (Wildman–Crippen LogP) is 5.59. The fourth-order valence-electron chi connectivity index (χ4n) is 4.24. The molecule has 1 aromatic carbocycles. The number of methoxy groups -OCH3 is 1. The predicted molar refractivity (Wildman–Crippen MR) is 123 cm³/mol. The number of rotatable bonds is 6. The van der Waals surface area contributed by atoms with Crippen molar-refractivity contribution in [2.45, 2.75) is 59.5 Å². The van der Waals surface area contributed by atoms with E-state index in [0.29, 0.717) is 18.7 Å². The molecule has 2 aromatic rings. The summed E-state index contributed by atoms with van der Waals surface area (Å²) >= 11 is 0. The van der Waals surface area contributed by atoms with Crippen molar-refractivity contribution in [3.8, 4) is 22.8 Å². The molecule has 6 nitrogen and oxygen atoms in total. The first-order valence-corrected chi connectivity index (χ1v) is 11.0. The van der Waals surface area contributed by atoms with Gasteiger partial charge in [-0.25, -0.2) is 0 Å². The van der Waals surface area contributed by atoms with Crippen LogP contribution in [0.2, 0.25) is 0 Å². The monoisotopic (exact) mass is 421 g/mol. The quantitative estimate of drug-likeness (QED) is 0.570. The minimum atomic E-state index is 0.0847. The maximum absolute atomic E-state index is 13.0. The average Bonchev–Trinajstić information content (AvgIpc) is 3.09. The SMILES string of the molecule is COc1cc2c(cc1C1=CCCC=N1)-c1c(c(C(=O)CCCC(C)(C)C)nn1C)CO2. The Labute approximate surface area is 184 Å². The van der Waals surface area contributed by atoms with Gasteiger partial charge in [0.1, 0.15) is 23.8 Å². The summed E-state index contributed by atoms with van der Waals surface area (Å²) in [5, 5.41) is 4.60. The molecule has 0 spiro atoms. The molecule has 0 atom stereocenters. The van der Waals surface area contributed by atoms with E-state index in [1.54, 1.807) is 7.11 Å². The highest BCUT2D eigenvalue weighted by Crippen LogP contribution is 2.44. The van der Waals surface area contributed by atoms with Gasteiger partial charge in [-0.15, -0.1) is 0 Å². The van der Waals surface area contributed by atoms with E-state index in [9.17, 15) is 4.79 Å². The van der Waals surface area contributed by atoms with Gasteiger partial charge in [0.2, 0.25) is 0 Å². The fraction of sp³-hybridized carbons (Fsp3) is 0.480. The van der Waals surface area contributed by atoms with E-state index in [0.717, 1.165) is 65.3 Å². The van der Waals surface area contributed by atoms with Gasteiger partial charge in [-0.1, -0.05) is 26.8 Å².